The molecule has 1 aromatic carbocycles. The molecule has 0 aliphatic heterocycles. The summed E-state index contributed by atoms with van der Waals surface area (Å²) in [6.07, 6.45) is 1.40. The third-order valence-electron chi connectivity index (χ3n) is 3.71. The van der Waals surface area contributed by atoms with E-state index in [-0.39, 0.29) is 24.0 Å². The molecular weight excluding hydrogens is 390 g/mol. The van der Waals surface area contributed by atoms with Gasteiger partial charge < -0.3 is 19.8 Å². The van der Waals surface area contributed by atoms with E-state index < -0.39 is 12.5 Å². The van der Waals surface area contributed by atoms with Crippen LogP contribution in [0.2, 0.25) is 0 Å². The van der Waals surface area contributed by atoms with E-state index >= 15 is 0 Å². The van der Waals surface area contributed by atoms with Gasteiger partial charge in [0.25, 0.3) is 11.8 Å². The lowest BCUT2D eigenvalue weighted by Crippen LogP contribution is -2.22. The lowest BCUT2D eigenvalue weighted by Gasteiger charge is -2.07. The summed E-state index contributed by atoms with van der Waals surface area (Å²) in [6, 6.07) is 10.9. The van der Waals surface area contributed by atoms with Crippen LogP contribution in [-0.4, -0.2) is 18.4 Å². The van der Waals surface area contributed by atoms with Crippen molar-refractivity contribution in [1.82, 2.24) is 5.32 Å². The standard InChI is InChI=1S/C19H16F2N2O4S/c1-11-9-15(23-17(24)14-3-2-8-26-14)28-16(11)18(25)22-10-12-4-6-13(7-5-12)27-19(20)21/h2-9,19H,10H2,1H3,(H,22,25)(H,23,24). The van der Waals surface area contributed by atoms with Crippen molar-refractivity contribution < 1.29 is 27.5 Å². The molecule has 0 spiro atoms. The van der Waals surface area contributed by atoms with Gasteiger partial charge in [-0.05, 0) is 48.4 Å². The molecular formula is C19H16F2N2O4S. The highest BCUT2D eigenvalue weighted by molar-refractivity contribution is 7.18. The van der Waals surface area contributed by atoms with E-state index in [2.05, 4.69) is 15.4 Å². The molecule has 0 saturated carbocycles. The van der Waals surface area contributed by atoms with Gasteiger partial charge in [0.15, 0.2) is 5.76 Å². The molecule has 2 N–H and O–H groups in total. The Morgan fingerprint density at radius 1 is 1.18 bits per heavy atom. The molecule has 0 radical (unpaired) electrons. The van der Waals surface area contributed by atoms with Gasteiger partial charge in [-0.3, -0.25) is 9.59 Å². The third kappa shape index (κ3) is 4.95. The molecule has 9 heteroatoms. The summed E-state index contributed by atoms with van der Waals surface area (Å²) >= 11 is 1.15. The predicted octanol–water partition coefficient (Wildman–Crippen LogP) is 4.43. The van der Waals surface area contributed by atoms with E-state index in [1.54, 1.807) is 37.3 Å². The van der Waals surface area contributed by atoms with Gasteiger partial charge >= 0.3 is 6.61 Å². The van der Waals surface area contributed by atoms with Crippen LogP contribution < -0.4 is 15.4 Å². The van der Waals surface area contributed by atoms with Crippen molar-refractivity contribution in [3.63, 3.8) is 0 Å². The maximum atomic E-state index is 12.4. The Kier molecular flexibility index (Phi) is 6.05. The number of furan rings is 1. The van der Waals surface area contributed by atoms with Crippen molar-refractivity contribution in [2.75, 3.05) is 5.32 Å². The van der Waals surface area contributed by atoms with Gasteiger partial charge in [-0.15, -0.1) is 11.3 Å². The molecule has 2 heterocycles. The average Bonchev–Trinajstić information content (AvgIpc) is 3.30. The summed E-state index contributed by atoms with van der Waals surface area (Å²) in [7, 11) is 0. The molecule has 3 rings (SSSR count). The highest BCUT2D eigenvalue weighted by Crippen LogP contribution is 2.27. The Morgan fingerprint density at radius 2 is 1.93 bits per heavy atom. The SMILES string of the molecule is Cc1cc(NC(=O)c2ccco2)sc1C(=O)NCc1ccc(OC(F)F)cc1. The fraction of sp³-hybridized carbons (Fsp3) is 0.158. The van der Waals surface area contributed by atoms with Crippen molar-refractivity contribution in [3.05, 3.63) is 70.5 Å². The minimum absolute atomic E-state index is 0.0520. The maximum Gasteiger partial charge on any atom is 0.387 e. The number of ether oxygens (including phenoxy) is 1. The Hall–Kier alpha value is -3.20. The predicted molar refractivity (Wildman–Crippen MR) is 100.0 cm³/mol. The number of carbonyl (C=O) groups excluding carboxylic acids is 2. The van der Waals surface area contributed by atoms with E-state index in [9.17, 15) is 18.4 Å². The van der Waals surface area contributed by atoms with Crippen LogP contribution in [0.4, 0.5) is 13.8 Å². The molecule has 3 aromatic rings. The van der Waals surface area contributed by atoms with Crippen LogP contribution in [0.3, 0.4) is 0 Å². The topological polar surface area (TPSA) is 80.6 Å². The molecule has 0 bridgehead atoms. The maximum absolute atomic E-state index is 12.4. The van der Waals surface area contributed by atoms with Crippen LogP contribution in [0.15, 0.2) is 53.1 Å². The number of hydrogen-bond donors (Lipinski definition) is 2. The van der Waals surface area contributed by atoms with Gasteiger partial charge in [-0.25, -0.2) is 0 Å². The highest BCUT2D eigenvalue weighted by atomic mass is 32.1. The normalized spacial score (nSPS) is 10.7. The zero-order valence-electron chi connectivity index (χ0n) is 14.7. The number of aryl methyl sites for hydroxylation is 1. The average molecular weight is 406 g/mol. The first-order valence-electron chi connectivity index (χ1n) is 8.19. The van der Waals surface area contributed by atoms with Gasteiger partial charge in [0.05, 0.1) is 16.1 Å². The lowest BCUT2D eigenvalue weighted by molar-refractivity contribution is -0.0498. The summed E-state index contributed by atoms with van der Waals surface area (Å²) in [6.45, 7) is -0.890. The Morgan fingerprint density at radius 3 is 2.57 bits per heavy atom. The van der Waals surface area contributed by atoms with Crippen LogP contribution in [0, 0.1) is 6.92 Å². The highest BCUT2D eigenvalue weighted by Gasteiger charge is 2.16. The monoisotopic (exact) mass is 406 g/mol. The Bertz CT molecular complexity index is 953. The van der Waals surface area contributed by atoms with Gasteiger partial charge in [0.1, 0.15) is 5.75 Å². The molecule has 0 unspecified atom stereocenters. The minimum atomic E-state index is -2.88. The van der Waals surface area contributed by atoms with E-state index in [0.717, 1.165) is 22.5 Å². The number of thiophene rings is 1. The number of hydrogen-bond acceptors (Lipinski definition) is 5. The molecule has 28 heavy (non-hydrogen) atoms. The number of benzene rings is 1. The van der Waals surface area contributed by atoms with Crippen LogP contribution in [0.25, 0.3) is 0 Å². The number of carbonyl (C=O) groups is 2. The summed E-state index contributed by atoms with van der Waals surface area (Å²) in [5.74, 6) is -0.467. The van der Waals surface area contributed by atoms with Crippen LogP contribution in [0.1, 0.15) is 31.4 Å². The first-order chi connectivity index (χ1) is 13.4. The van der Waals surface area contributed by atoms with Gasteiger partial charge in [0.2, 0.25) is 0 Å². The van der Waals surface area contributed by atoms with E-state index in [0.29, 0.717) is 9.88 Å². The van der Waals surface area contributed by atoms with Crippen LogP contribution in [0.5, 0.6) is 5.75 Å². The number of amides is 2. The largest absolute Gasteiger partial charge is 0.459 e. The first-order valence-corrected chi connectivity index (χ1v) is 9.01. The fourth-order valence-electron chi connectivity index (χ4n) is 2.40. The van der Waals surface area contributed by atoms with Crippen molar-refractivity contribution in [2.45, 2.75) is 20.1 Å². The molecule has 0 atom stereocenters. The minimum Gasteiger partial charge on any atom is -0.459 e. The van der Waals surface area contributed by atoms with E-state index in [1.165, 1.54) is 18.4 Å². The van der Waals surface area contributed by atoms with Crippen molar-refractivity contribution in [3.8, 4) is 5.75 Å². The molecule has 0 fully saturated rings. The number of nitrogens with one attached hydrogen (secondary N) is 2. The summed E-state index contributed by atoms with van der Waals surface area (Å²) in [5.41, 5.74) is 1.45. The second-order valence-electron chi connectivity index (χ2n) is 5.76. The smallest absolute Gasteiger partial charge is 0.387 e. The zero-order chi connectivity index (χ0) is 20.1. The zero-order valence-corrected chi connectivity index (χ0v) is 15.5. The Balaban J connectivity index is 1.58. The third-order valence-corrected chi connectivity index (χ3v) is 4.86. The summed E-state index contributed by atoms with van der Waals surface area (Å²) in [5, 5.41) is 5.97. The molecule has 0 aliphatic rings. The van der Waals surface area contributed by atoms with E-state index in [4.69, 9.17) is 4.42 Å². The molecule has 6 nitrogen and oxygen atoms in total. The second-order valence-corrected chi connectivity index (χ2v) is 6.81. The Labute approximate surface area is 163 Å². The number of halogens is 2. The molecule has 146 valence electrons. The van der Waals surface area contributed by atoms with Crippen LogP contribution >= 0.6 is 11.3 Å². The van der Waals surface area contributed by atoms with Gasteiger partial charge in [0, 0.05) is 6.54 Å². The van der Waals surface area contributed by atoms with Crippen molar-refractivity contribution in [2.24, 2.45) is 0 Å². The van der Waals surface area contributed by atoms with Gasteiger partial charge in [-0.2, -0.15) is 8.78 Å². The molecule has 0 saturated heterocycles. The van der Waals surface area contributed by atoms with E-state index in [1.807, 2.05) is 0 Å². The second kappa shape index (κ2) is 8.66. The summed E-state index contributed by atoms with van der Waals surface area (Å²) < 4.78 is 33.6. The van der Waals surface area contributed by atoms with Crippen molar-refractivity contribution >= 4 is 28.2 Å². The molecule has 0 aliphatic carbocycles. The van der Waals surface area contributed by atoms with Crippen LogP contribution in [-0.2, 0) is 6.54 Å². The fourth-order valence-corrected chi connectivity index (χ4v) is 3.39. The first kappa shape index (κ1) is 19.6. The lowest BCUT2D eigenvalue weighted by atomic mass is 10.2. The quantitative estimate of drug-likeness (QED) is 0.608. The van der Waals surface area contributed by atoms with Gasteiger partial charge in [-0.1, -0.05) is 12.1 Å². The summed E-state index contributed by atoms with van der Waals surface area (Å²) in [4.78, 5) is 24.9. The molecule has 2 aromatic heterocycles. The number of anilines is 1. The molecule has 2 amide bonds. The number of alkyl halides is 2. The van der Waals surface area contributed by atoms with Crippen molar-refractivity contribution in [1.29, 1.82) is 0 Å². The number of rotatable bonds is 7.